The molecule has 0 aliphatic carbocycles. The fraction of sp³-hybridized carbons (Fsp3) is 0.273. The van der Waals surface area contributed by atoms with Crippen LogP contribution in [0.25, 0.3) is 0 Å². The van der Waals surface area contributed by atoms with E-state index < -0.39 is 38.1 Å². The highest BCUT2D eigenvalue weighted by atomic mass is 31.2. The van der Waals surface area contributed by atoms with E-state index in [1.54, 1.807) is 0 Å². The second kappa shape index (κ2) is 6.21. The van der Waals surface area contributed by atoms with Gasteiger partial charge in [0.15, 0.2) is 17.7 Å². The summed E-state index contributed by atoms with van der Waals surface area (Å²) < 4.78 is 71.3. The summed E-state index contributed by atoms with van der Waals surface area (Å²) in [6, 6.07) is 4.70. The van der Waals surface area contributed by atoms with Gasteiger partial charge in [0.2, 0.25) is 0 Å². The number of hydrogen-bond donors (Lipinski definition) is 0. The normalized spacial score (nSPS) is 14.7. The lowest BCUT2D eigenvalue weighted by Gasteiger charge is -2.20. The molecule has 106 valence electrons. The Morgan fingerprint density at radius 1 is 1.32 bits per heavy atom. The van der Waals surface area contributed by atoms with Crippen LogP contribution >= 0.6 is 7.60 Å². The smallest absolute Gasteiger partial charge is 0.401 e. The predicted molar refractivity (Wildman–Crippen MR) is 61.7 cm³/mol. The molecule has 0 amide bonds. The number of alkyl halides is 3. The van der Waals surface area contributed by atoms with Crippen molar-refractivity contribution in [3.63, 3.8) is 0 Å². The van der Waals surface area contributed by atoms with Crippen LogP contribution in [-0.2, 0) is 9.09 Å². The molecule has 3 nitrogen and oxygen atoms in total. The Balaban J connectivity index is 2.94. The molecule has 0 spiro atoms. The van der Waals surface area contributed by atoms with E-state index in [1.807, 2.05) is 0 Å². The summed E-state index contributed by atoms with van der Waals surface area (Å²) in [6.07, 6.45) is -5.45. The summed E-state index contributed by atoms with van der Waals surface area (Å²) in [5.74, 6) is -1.48. The van der Waals surface area contributed by atoms with Gasteiger partial charge in [0.1, 0.15) is 0 Å². The number of benzene rings is 1. The van der Waals surface area contributed by atoms with E-state index in [1.165, 1.54) is 12.1 Å². The quantitative estimate of drug-likeness (QED) is 0.449. The predicted octanol–water partition coefficient (Wildman–Crippen LogP) is 4.16. The molecule has 1 aromatic carbocycles. The van der Waals surface area contributed by atoms with Gasteiger partial charge in [-0.25, -0.2) is 8.96 Å². The summed E-state index contributed by atoms with van der Waals surface area (Å²) in [5.41, 5.74) is 0. The van der Waals surface area contributed by atoms with E-state index in [4.69, 9.17) is 0 Å². The van der Waals surface area contributed by atoms with E-state index in [0.29, 0.717) is 0 Å². The van der Waals surface area contributed by atoms with Gasteiger partial charge in [0.05, 0.1) is 6.61 Å². The zero-order valence-electron chi connectivity index (χ0n) is 9.69. The van der Waals surface area contributed by atoms with Crippen LogP contribution in [0.3, 0.4) is 0 Å². The lowest BCUT2D eigenvalue weighted by Crippen LogP contribution is -2.18. The molecule has 0 bridgehead atoms. The Kier molecular flexibility index (Phi) is 5.14. The Morgan fingerprint density at radius 2 is 1.95 bits per heavy atom. The van der Waals surface area contributed by atoms with Crippen molar-refractivity contribution >= 4 is 7.60 Å². The fourth-order valence-corrected chi connectivity index (χ4v) is 2.59. The van der Waals surface area contributed by atoms with Crippen molar-refractivity contribution in [1.29, 1.82) is 0 Å². The molecule has 0 heterocycles. The monoisotopic (exact) mass is 298 g/mol. The van der Waals surface area contributed by atoms with Crippen LogP contribution < -0.4 is 4.52 Å². The van der Waals surface area contributed by atoms with E-state index in [9.17, 15) is 22.1 Å². The Bertz CT molecular complexity index is 487. The first kappa shape index (κ1) is 15.7. The molecular weight excluding hydrogens is 287 g/mol. The molecule has 1 atom stereocenters. The average Bonchev–Trinajstić information content (AvgIpc) is 2.27. The molecule has 0 aliphatic heterocycles. The van der Waals surface area contributed by atoms with Crippen LogP contribution in [0.4, 0.5) is 17.6 Å². The van der Waals surface area contributed by atoms with Crippen molar-refractivity contribution in [3.05, 3.63) is 42.7 Å². The van der Waals surface area contributed by atoms with Crippen LogP contribution in [0.15, 0.2) is 36.9 Å². The number of rotatable bonds is 6. The number of halogens is 4. The standard InChI is InChI=1S/C11H11F4O3P/c1-2-7-17-19(16,8-11(13,14)15)18-10-6-4-3-5-9(10)12/h2-6H,1,7-8H2. The van der Waals surface area contributed by atoms with Gasteiger partial charge in [-0.3, -0.25) is 4.52 Å². The molecule has 0 N–H and O–H groups in total. The van der Waals surface area contributed by atoms with E-state index in [2.05, 4.69) is 15.6 Å². The summed E-state index contributed by atoms with van der Waals surface area (Å²) in [4.78, 5) is 0. The molecule has 1 rings (SSSR count). The van der Waals surface area contributed by atoms with Crippen molar-refractivity contribution in [3.8, 4) is 5.75 Å². The highest BCUT2D eigenvalue weighted by molar-refractivity contribution is 7.54. The summed E-state index contributed by atoms with van der Waals surface area (Å²) >= 11 is 0. The molecule has 19 heavy (non-hydrogen) atoms. The topological polar surface area (TPSA) is 35.5 Å². The largest absolute Gasteiger partial charge is 0.421 e. The van der Waals surface area contributed by atoms with Crippen molar-refractivity contribution in [2.75, 3.05) is 12.8 Å². The minimum Gasteiger partial charge on any atom is -0.421 e. The summed E-state index contributed by atoms with van der Waals surface area (Å²) in [5, 5.41) is 0. The molecule has 1 unspecified atom stereocenters. The lowest BCUT2D eigenvalue weighted by atomic mass is 10.3. The Morgan fingerprint density at radius 3 is 2.47 bits per heavy atom. The van der Waals surface area contributed by atoms with Gasteiger partial charge in [-0.05, 0) is 12.1 Å². The zero-order chi connectivity index (χ0) is 14.5. The maximum absolute atomic E-state index is 13.3. The van der Waals surface area contributed by atoms with Gasteiger partial charge < -0.3 is 4.52 Å². The van der Waals surface area contributed by atoms with Crippen LogP contribution in [0.5, 0.6) is 5.75 Å². The Labute approximate surface area is 107 Å². The van der Waals surface area contributed by atoms with E-state index in [0.717, 1.165) is 18.2 Å². The first-order valence-corrected chi connectivity index (χ1v) is 6.84. The third-order valence-electron chi connectivity index (χ3n) is 1.84. The second-order valence-corrected chi connectivity index (χ2v) is 5.47. The molecule has 1 aromatic rings. The van der Waals surface area contributed by atoms with Crippen LogP contribution in [-0.4, -0.2) is 18.9 Å². The maximum atomic E-state index is 13.3. The summed E-state index contributed by atoms with van der Waals surface area (Å²) in [6.45, 7) is 2.83. The van der Waals surface area contributed by atoms with Gasteiger partial charge in [-0.2, -0.15) is 13.2 Å². The SMILES string of the molecule is C=CCOP(=O)(CC(F)(F)F)Oc1ccccc1F. The molecule has 0 fully saturated rings. The average molecular weight is 298 g/mol. The van der Waals surface area contributed by atoms with Crippen molar-refractivity contribution in [2.45, 2.75) is 6.18 Å². The number of para-hydroxylation sites is 1. The van der Waals surface area contributed by atoms with Crippen LogP contribution in [0, 0.1) is 5.82 Å². The van der Waals surface area contributed by atoms with Crippen molar-refractivity contribution in [2.24, 2.45) is 0 Å². The highest BCUT2D eigenvalue weighted by Gasteiger charge is 2.42. The number of hydrogen-bond acceptors (Lipinski definition) is 3. The third-order valence-corrected chi connectivity index (χ3v) is 3.60. The Hall–Kier alpha value is -1.33. The third kappa shape index (κ3) is 5.44. The molecule has 0 aromatic heterocycles. The van der Waals surface area contributed by atoms with Gasteiger partial charge >= 0.3 is 13.8 Å². The van der Waals surface area contributed by atoms with Gasteiger partial charge in [-0.1, -0.05) is 18.2 Å². The minimum absolute atomic E-state index is 0.401. The van der Waals surface area contributed by atoms with E-state index >= 15 is 0 Å². The zero-order valence-corrected chi connectivity index (χ0v) is 10.6. The van der Waals surface area contributed by atoms with Gasteiger partial charge in [0, 0.05) is 0 Å². The van der Waals surface area contributed by atoms with Gasteiger partial charge in [-0.15, -0.1) is 6.58 Å². The highest BCUT2D eigenvalue weighted by Crippen LogP contribution is 2.52. The molecule has 8 heteroatoms. The van der Waals surface area contributed by atoms with Crippen LogP contribution in [0.1, 0.15) is 0 Å². The fourth-order valence-electron chi connectivity index (χ4n) is 1.16. The molecule has 0 saturated carbocycles. The molecule has 0 saturated heterocycles. The molecular formula is C11H11F4O3P. The van der Waals surface area contributed by atoms with Crippen LogP contribution in [0.2, 0.25) is 0 Å². The maximum Gasteiger partial charge on any atom is 0.401 e. The molecule has 0 aliphatic rings. The van der Waals surface area contributed by atoms with E-state index in [-0.39, 0.29) is 0 Å². The first-order chi connectivity index (χ1) is 8.76. The van der Waals surface area contributed by atoms with Crippen molar-refractivity contribution in [1.82, 2.24) is 0 Å². The molecule has 0 radical (unpaired) electrons. The van der Waals surface area contributed by atoms with Gasteiger partial charge in [0.25, 0.3) is 0 Å². The lowest BCUT2D eigenvalue weighted by molar-refractivity contribution is -0.109. The van der Waals surface area contributed by atoms with Crippen molar-refractivity contribution < 1.29 is 31.2 Å². The minimum atomic E-state index is -4.76. The second-order valence-electron chi connectivity index (χ2n) is 3.49. The summed E-state index contributed by atoms with van der Waals surface area (Å²) in [7, 11) is -4.54. The first-order valence-electron chi connectivity index (χ1n) is 5.11.